The van der Waals surface area contributed by atoms with E-state index < -0.39 is 0 Å². The van der Waals surface area contributed by atoms with Crippen molar-refractivity contribution in [2.75, 3.05) is 6.61 Å². The zero-order valence-corrected chi connectivity index (χ0v) is 9.14. The van der Waals surface area contributed by atoms with Crippen LogP contribution in [0, 0.1) is 5.41 Å². The van der Waals surface area contributed by atoms with Crippen LogP contribution in [-0.4, -0.2) is 23.8 Å². The average molecular weight is 185 g/mol. The molecule has 1 aliphatic carbocycles. The summed E-state index contributed by atoms with van der Waals surface area (Å²) in [6, 6.07) is 0.866. The second kappa shape index (κ2) is 4.43. The van der Waals surface area contributed by atoms with Crippen LogP contribution >= 0.6 is 0 Å². The van der Waals surface area contributed by atoms with Gasteiger partial charge in [-0.3, -0.25) is 0 Å². The van der Waals surface area contributed by atoms with E-state index in [1.807, 2.05) is 6.92 Å². The Hall–Kier alpha value is -0.0800. The minimum absolute atomic E-state index is 0.247. The second-order valence-electron chi connectivity index (χ2n) is 5.21. The van der Waals surface area contributed by atoms with E-state index in [0.717, 1.165) is 0 Å². The summed E-state index contributed by atoms with van der Waals surface area (Å²) >= 11 is 0. The Morgan fingerprint density at radius 1 is 1.54 bits per heavy atom. The molecular weight excluding hydrogens is 162 g/mol. The number of hydrogen-bond donors (Lipinski definition) is 2. The molecule has 1 rings (SSSR count). The van der Waals surface area contributed by atoms with Gasteiger partial charge in [0.25, 0.3) is 0 Å². The Morgan fingerprint density at radius 3 is 2.77 bits per heavy atom. The number of aliphatic hydroxyl groups excluding tert-OH is 1. The lowest BCUT2D eigenvalue weighted by molar-refractivity contribution is 0.171. The Balaban J connectivity index is 2.34. The summed E-state index contributed by atoms with van der Waals surface area (Å²) in [5.41, 5.74) is 0.491. The van der Waals surface area contributed by atoms with E-state index in [2.05, 4.69) is 19.2 Å². The van der Waals surface area contributed by atoms with Gasteiger partial charge in [-0.15, -0.1) is 0 Å². The van der Waals surface area contributed by atoms with Crippen LogP contribution in [0.5, 0.6) is 0 Å². The smallest absolute Gasteiger partial charge is 0.0582 e. The van der Waals surface area contributed by atoms with Crippen molar-refractivity contribution < 1.29 is 5.11 Å². The molecular formula is C11H23NO. The van der Waals surface area contributed by atoms with E-state index >= 15 is 0 Å². The Bertz CT molecular complexity index is 156. The quantitative estimate of drug-likeness (QED) is 0.704. The molecule has 0 aromatic heterocycles. The molecule has 1 saturated carbocycles. The summed E-state index contributed by atoms with van der Waals surface area (Å²) in [7, 11) is 0. The van der Waals surface area contributed by atoms with Crippen molar-refractivity contribution >= 4 is 0 Å². The van der Waals surface area contributed by atoms with Crippen molar-refractivity contribution in [2.45, 2.75) is 58.5 Å². The minimum Gasteiger partial charge on any atom is -0.395 e. The van der Waals surface area contributed by atoms with Crippen molar-refractivity contribution in [1.29, 1.82) is 0 Å². The van der Waals surface area contributed by atoms with E-state index in [4.69, 9.17) is 5.11 Å². The van der Waals surface area contributed by atoms with Gasteiger partial charge < -0.3 is 10.4 Å². The fraction of sp³-hybridized carbons (Fsp3) is 1.00. The standard InChI is InChI=1S/C11H23NO/c1-9(8-13)12-10-5-4-6-11(2,3)7-10/h9-10,12-13H,4-8H2,1-3H3/t9-,10+/m1/s1. The molecule has 1 fully saturated rings. The lowest BCUT2D eigenvalue weighted by Gasteiger charge is -2.36. The summed E-state index contributed by atoms with van der Waals surface area (Å²) in [5.74, 6) is 0. The molecule has 13 heavy (non-hydrogen) atoms. The summed E-state index contributed by atoms with van der Waals surface area (Å²) in [4.78, 5) is 0. The van der Waals surface area contributed by atoms with Gasteiger partial charge in [0, 0.05) is 12.1 Å². The van der Waals surface area contributed by atoms with Crippen molar-refractivity contribution in [3.63, 3.8) is 0 Å². The maximum absolute atomic E-state index is 8.93. The third kappa shape index (κ3) is 3.65. The maximum Gasteiger partial charge on any atom is 0.0582 e. The maximum atomic E-state index is 8.93. The van der Waals surface area contributed by atoms with E-state index in [1.54, 1.807) is 0 Å². The molecule has 2 nitrogen and oxygen atoms in total. The zero-order valence-electron chi connectivity index (χ0n) is 9.14. The van der Waals surface area contributed by atoms with E-state index in [9.17, 15) is 0 Å². The molecule has 0 aliphatic heterocycles. The van der Waals surface area contributed by atoms with Crippen LogP contribution in [0.25, 0.3) is 0 Å². The average Bonchev–Trinajstić information content (AvgIpc) is 2.02. The molecule has 2 heteroatoms. The molecule has 0 spiro atoms. The van der Waals surface area contributed by atoms with Crippen LogP contribution in [0.2, 0.25) is 0 Å². The fourth-order valence-corrected chi connectivity index (χ4v) is 2.30. The Labute approximate surface area is 81.7 Å². The van der Waals surface area contributed by atoms with E-state index in [1.165, 1.54) is 25.7 Å². The highest BCUT2D eigenvalue weighted by Gasteiger charge is 2.28. The second-order valence-corrected chi connectivity index (χ2v) is 5.21. The zero-order chi connectivity index (χ0) is 9.90. The summed E-state index contributed by atoms with van der Waals surface area (Å²) in [6.07, 6.45) is 5.19. The number of rotatable bonds is 3. The predicted molar refractivity (Wildman–Crippen MR) is 55.7 cm³/mol. The van der Waals surface area contributed by atoms with Crippen LogP contribution in [0.1, 0.15) is 46.5 Å². The first kappa shape index (κ1) is 11.0. The highest BCUT2D eigenvalue weighted by atomic mass is 16.3. The molecule has 78 valence electrons. The first-order chi connectivity index (χ1) is 6.03. The number of hydrogen-bond acceptors (Lipinski definition) is 2. The summed E-state index contributed by atoms with van der Waals surface area (Å²) in [6.45, 7) is 6.97. The van der Waals surface area contributed by atoms with Crippen LogP contribution in [0.4, 0.5) is 0 Å². The molecule has 0 unspecified atom stereocenters. The minimum atomic E-state index is 0.247. The van der Waals surface area contributed by atoms with E-state index in [0.29, 0.717) is 11.5 Å². The monoisotopic (exact) mass is 185 g/mol. The molecule has 0 saturated heterocycles. The molecule has 0 aromatic rings. The molecule has 0 aromatic carbocycles. The van der Waals surface area contributed by atoms with Gasteiger partial charge in [-0.1, -0.05) is 20.3 Å². The topological polar surface area (TPSA) is 32.3 Å². The molecule has 0 radical (unpaired) electrons. The number of nitrogens with one attached hydrogen (secondary N) is 1. The van der Waals surface area contributed by atoms with Crippen LogP contribution in [0.3, 0.4) is 0 Å². The van der Waals surface area contributed by atoms with Gasteiger partial charge in [0.05, 0.1) is 6.61 Å². The summed E-state index contributed by atoms with van der Waals surface area (Å²) < 4.78 is 0. The van der Waals surface area contributed by atoms with Crippen LogP contribution < -0.4 is 5.32 Å². The van der Waals surface area contributed by atoms with Gasteiger partial charge in [0.1, 0.15) is 0 Å². The molecule has 2 atom stereocenters. The van der Waals surface area contributed by atoms with Gasteiger partial charge in [0.2, 0.25) is 0 Å². The van der Waals surface area contributed by atoms with Crippen molar-refractivity contribution in [1.82, 2.24) is 5.32 Å². The van der Waals surface area contributed by atoms with Gasteiger partial charge in [0.15, 0.2) is 0 Å². The summed E-state index contributed by atoms with van der Waals surface area (Å²) in [5, 5.41) is 12.4. The first-order valence-electron chi connectivity index (χ1n) is 5.40. The normalized spacial score (nSPS) is 30.0. The third-order valence-electron chi connectivity index (χ3n) is 3.00. The van der Waals surface area contributed by atoms with Gasteiger partial charge >= 0.3 is 0 Å². The SMILES string of the molecule is C[C@H](CO)N[C@H]1CCCC(C)(C)C1. The Kier molecular flexibility index (Phi) is 3.74. The Morgan fingerprint density at radius 2 is 2.23 bits per heavy atom. The molecule has 1 aliphatic rings. The van der Waals surface area contributed by atoms with Crippen molar-refractivity contribution in [2.24, 2.45) is 5.41 Å². The fourth-order valence-electron chi connectivity index (χ4n) is 2.30. The van der Waals surface area contributed by atoms with Gasteiger partial charge in [-0.2, -0.15) is 0 Å². The number of aliphatic hydroxyl groups is 1. The van der Waals surface area contributed by atoms with E-state index in [-0.39, 0.29) is 12.6 Å². The lowest BCUT2D eigenvalue weighted by atomic mass is 9.75. The molecule has 0 amide bonds. The largest absolute Gasteiger partial charge is 0.395 e. The van der Waals surface area contributed by atoms with Gasteiger partial charge in [-0.25, -0.2) is 0 Å². The molecule has 2 N–H and O–H groups in total. The third-order valence-corrected chi connectivity index (χ3v) is 3.00. The van der Waals surface area contributed by atoms with Crippen molar-refractivity contribution in [3.05, 3.63) is 0 Å². The van der Waals surface area contributed by atoms with Crippen LogP contribution in [0.15, 0.2) is 0 Å². The van der Waals surface area contributed by atoms with Crippen molar-refractivity contribution in [3.8, 4) is 0 Å². The van der Waals surface area contributed by atoms with Crippen LogP contribution in [-0.2, 0) is 0 Å². The first-order valence-corrected chi connectivity index (χ1v) is 5.40. The molecule has 0 heterocycles. The van der Waals surface area contributed by atoms with Gasteiger partial charge in [-0.05, 0) is 31.6 Å². The predicted octanol–water partition coefficient (Wildman–Crippen LogP) is 1.93. The highest BCUT2D eigenvalue weighted by Crippen LogP contribution is 2.35. The highest BCUT2D eigenvalue weighted by molar-refractivity contribution is 4.84. The molecule has 0 bridgehead atoms. The lowest BCUT2D eigenvalue weighted by Crippen LogP contribution is -2.43.